The van der Waals surface area contributed by atoms with E-state index in [-0.39, 0.29) is 16.7 Å². The lowest BCUT2D eigenvalue weighted by Gasteiger charge is -2.40. The average Bonchev–Trinajstić information content (AvgIpc) is 2.61. The summed E-state index contributed by atoms with van der Waals surface area (Å²) in [5.41, 5.74) is 5.66. The highest BCUT2D eigenvalue weighted by atomic mass is 32.2. The van der Waals surface area contributed by atoms with Gasteiger partial charge in [-0.05, 0) is 24.7 Å². The molecule has 0 aromatic carbocycles. The van der Waals surface area contributed by atoms with Crippen molar-refractivity contribution >= 4 is 10.0 Å². The molecule has 1 fully saturated rings. The van der Waals surface area contributed by atoms with E-state index < -0.39 is 10.0 Å². The quantitative estimate of drug-likeness (QED) is 0.794. The van der Waals surface area contributed by atoms with Gasteiger partial charge in [0.2, 0.25) is 10.0 Å². The van der Waals surface area contributed by atoms with Crippen LogP contribution in [0, 0.1) is 5.41 Å². The molecule has 2 N–H and O–H groups in total. The number of nitrogens with two attached hydrogens (primary N) is 1. The van der Waals surface area contributed by atoms with E-state index in [9.17, 15) is 8.42 Å². The Kier molecular flexibility index (Phi) is 6.05. The third kappa shape index (κ3) is 4.71. The van der Waals surface area contributed by atoms with Crippen LogP contribution < -0.4 is 5.73 Å². The van der Waals surface area contributed by atoms with Crippen molar-refractivity contribution in [3.8, 4) is 0 Å². The second-order valence-electron chi connectivity index (χ2n) is 7.44. The van der Waals surface area contributed by atoms with Crippen molar-refractivity contribution in [2.45, 2.75) is 71.3 Å². The summed E-state index contributed by atoms with van der Waals surface area (Å²) >= 11 is 0. The van der Waals surface area contributed by atoms with Crippen LogP contribution in [0.1, 0.15) is 65.7 Å². The molecule has 0 heterocycles. The maximum atomic E-state index is 12.6. The molecule has 0 aliphatic heterocycles. The Morgan fingerprint density at radius 2 is 1.60 bits per heavy atom. The average molecular weight is 305 g/mol. The number of hydrogen-bond donors (Lipinski definition) is 1. The van der Waals surface area contributed by atoms with E-state index in [4.69, 9.17) is 5.73 Å². The maximum absolute atomic E-state index is 12.6. The number of hydrogen-bond acceptors (Lipinski definition) is 3. The van der Waals surface area contributed by atoms with Crippen molar-refractivity contribution in [1.29, 1.82) is 0 Å². The first kappa shape index (κ1) is 17.9. The van der Waals surface area contributed by atoms with Gasteiger partial charge in [0.25, 0.3) is 0 Å². The van der Waals surface area contributed by atoms with Crippen LogP contribution in [0.15, 0.2) is 0 Å². The Hall–Kier alpha value is -0.130. The summed E-state index contributed by atoms with van der Waals surface area (Å²) in [5, 5.41) is 0. The molecule has 120 valence electrons. The smallest absolute Gasteiger partial charge is 0.214 e. The van der Waals surface area contributed by atoms with E-state index in [1.807, 2.05) is 0 Å². The van der Waals surface area contributed by atoms with Gasteiger partial charge in [0.1, 0.15) is 0 Å². The molecule has 4 nitrogen and oxygen atoms in total. The summed E-state index contributed by atoms with van der Waals surface area (Å²) in [6.45, 7) is 6.66. The van der Waals surface area contributed by atoms with Crippen LogP contribution >= 0.6 is 0 Å². The number of nitrogens with zero attached hydrogens (tertiary/aromatic N) is 1. The van der Waals surface area contributed by atoms with Crippen LogP contribution in [-0.2, 0) is 10.0 Å². The molecule has 0 spiro atoms. The molecule has 1 aliphatic rings. The largest absolute Gasteiger partial charge is 0.329 e. The van der Waals surface area contributed by atoms with Crippen molar-refractivity contribution in [2.75, 3.05) is 19.3 Å². The fourth-order valence-corrected chi connectivity index (χ4v) is 4.89. The Bertz CT molecular complexity index is 391. The fraction of sp³-hybridized carbons (Fsp3) is 1.00. The summed E-state index contributed by atoms with van der Waals surface area (Å²) in [6.07, 6.45) is 7.02. The molecule has 0 bridgehead atoms. The second-order valence-corrected chi connectivity index (χ2v) is 9.56. The Balaban J connectivity index is 2.85. The van der Waals surface area contributed by atoms with Gasteiger partial charge in [-0.1, -0.05) is 46.5 Å². The van der Waals surface area contributed by atoms with Gasteiger partial charge in [0.05, 0.1) is 5.75 Å². The first-order chi connectivity index (χ1) is 9.13. The highest BCUT2D eigenvalue weighted by Crippen LogP contribution is 2.33. The predicted molar refractivity (Wildman–Crippen MR) is 85.1 cm³/mol. The molecular formula is C15H32N2O2S. The zero-order valence-corrected chi connectivity index (χ0v) is 14.4. The number of likely N-dealkylation sites (N-methyl/N-ethyl adjacent to an activating group) is 1. The van der Waals surface area contributed by atoms with Crippen molar-refractivity contribution in [2.24, 2.45) is 11.1 Å². The van der Waals surface area contributed by atoms with Crippen LogP contribution in [0.5, 0.6) is 0 Å². The van der Waals surface area contributed by atoms with Gasteiger partial charge in [-0.25, -0.2) is 8.42 Å². The lowest BCUT2D eigenvalue weighted by molar-refractivity contribution is 0.195. The predicted octanol–water partition coefficient (Wildman–Crippen LogP) is 2.74. The normalized spacial score (nSPS) is 20.9. The van der Waals surface area contributed by atoms with E-state index >= 15 is 0 Å². The van der Waals surface area contributed by atoms with E-state index in [2.05, 4.69) is 20.8 Å². The van der Waals surface area contributed by atoms with Crippen molar-refractivity contribution in [3.05, 3.63) is 0 Å². The standard InChI is InChI=1S/C15H32N2O2S/c1-14(2,3)11-12-20(18,19)17(4)15(13-16)9-7-5-6-8-10-15/h5-13,16H2,1-4H3. The maximum Gasteiger partial charge on any atom is 0.214 e. The number of sulfonamides is 1. The van der Waals surface area contributed by atoms with E-state index in [0.717, 1.165) is 25.7 Å². The molecule has 0 saturated heterocycles. The summed E-state index contributed by atoms with van der Waals surface area (Å²) in [7, 11) is -1.49. The Morgan fingerprint density at radius 3 is 2.00 bits per heavy atom. The van der Waals surface area contributed by atoms with Gasteiger partial charge >= 0.3 is 0 Å². The minimum absolute atomic E-state index is 0.0350. The van der Waals surface area contributed by atoms with Gasteiger partial charge in [0, 0.05) is 19.1 Å². The summed E-state index contributed by atoms with van der Waals surface area (Å²) in [6, 6.07) is 0. The summed E-state index contributed by atoms with van der Waals surface area (Å²) < 4.78 is 26.9. The molecule has 0 aromatic heterocycles. The first-order valence-corrected chi connectivity index (χ1v) is 9.41. The Labute approximate surface area is 125 Å². The van der Waals surface area contributed by atoms with E-state index in [0.29, 0.717) is 13.0 Å². The molecule has 0 radical (unpaired) electrons. The van der Waals surface area contributed by atoms with Crippen LogP contribution in [0.3, 0.4) is 0 Å². The van der Waals surface area contributed by atoms with Gasteiger partial charge in [-0.3, -0.25) is 0 Å². The molecular weight excluding hydrogens is 272 g/mol. The van der Waals surface area contributed by atoms with Gasteiger partial charge < -0.3 is 5.73 Å². The minimum Gasteiger partial charge on any atom is -0.329 e. The summed E-state index contributed by atoms with van der Waals surface area (Å²) in [5.74, 6) is 0.217. The molecule has 5 heteroatoms. The topological polar surface area (TPSA) is 63.4 Å². The van der Waals surface area contributed by atoms with Gasteiger partial charge in [-0.15, -0.1) is 0 Å². The minimum atomic E-state index is -3.23. The van der Waals surface area contributed by atoms with Crippen molar-refractivity contribution < 1.29 is 8.42 Å². The molecule has 1 aliphatic carbocycles. The highest BCUT2D eigenvalue weighted by molar-refractivity contribution is 7.89. The van der Waals surface area contributed by atoms with Crippen LogP contribution in [-0.4, -0.2) is 37.6 Å². The third-order valence-electron chi connectivity index (χ3n) is 4.61. The molecule has 0 aromatic rings. The summed E-state index contributed by atoms with van der Waals surface area (Å²) in [4.78, 5) is 0. The van der Waals surface area contributed by atoms with Gasteiger partial charge in [0.15, 0.2) is 0 Å². The van der Waals surface area contributed by atoms with Crippen LogP contribution in [0.2, 0.25) is 0 Å². The molecule has 20 heavy (non-hydrogen) atoms. The fourth-order valence-electron chi connectivity index (χ4n) is 2.90. The molecule has 1 saturated carbocycles. The molecule has 0 unspecified atom stereocenters. The lowest BCUT2D eigenvalue weighted by Crippen LogP contribution is -2.54. The monoisotopic (exact) mass is 304 g/mol. The van der Waals surface area contributed by atoms with E-state index in [1.165, 1.54) is 12.8 Å². The van der Waals surface area contributed by atoms with Crippen molar-refractivity contribution in [1.82, 2.24) is 4.31 Å². The second kappa shape index (κ2) is 6.75. The van der Waals surface area contributed by atoms with Gasteiger partial charge in [-0.2, -0.15) is 4.31 Å². The Morgan fingerprint density at radius 1 is 1.10 bits per heavy atom. The number of rotatable bonds is 5. The molecule has 0 amide bonds. The van der Waals surface area contributed by atoms with Crippen LogP contribution in [0.4, 0.5) is 0 Å². The SMILES string of the molecule is CN(C1(CN)CCCCCC1)S(=O)(=O)CCC(C)(C)C. The zero-order chi connectivity index (χ0) is 15.4. The van der Waals surface area contributed by atoms with E-state index in [1.54, 1.807) is 11.4 Å². The molecule has 1 rings (SSSR count). The highest BCUT2D eigenvalue weighted by Gasteiger charge is 2.40. The lowest BCUT2D eigenvalue weighted by atomic mass is 9.90. The molecule has 0 atom stereocenters. The zero-order valence-electron chi connectivity index (χ0n) is 13.6. The third-order valence-corrected chi connectivity index (χ3v) is 6.55. The van der Waals surface area contributed by atoms with Crippen molar-refractivity contribution in [3.63, 3.8) is 0 Å². The van der Waals surface area contributed by atoms with Crippen LogP contribution in [0.25, 0.3) is 0 Å². The first-order valence-electron chi connectivity index (χ1n) is 7.80.